The molecule has 2 saturated carbocycles. The number of aliphatic hydroxyl groups excluding tert-OH is 1. The van der Waals surface area contributed by atoms with E-state index >= 15 is 0 Å². The largest absolute Gasteiger partial charge is 0.393 e. The van der Waals surface area contributed by atoms with Crippen LogP contribution in [0.25, 0.3) is 0 Å². The number of benzene rings is 1. The minimum atomic E-state index is -0.173. The topological polar surface area (TPSA) is 77.9 Å². The first-order valence-electron chi connectivity index (χ1n) is 11.3. The summed E-state index contributed by atoms with van der Waals surface area (Å²) in [6.45, 7) is 3.68. The van der Waals surface area contributed by atoms with Crippen molar-refractivity contribution in [3.8, 4) is 0 Å². The molecule has 162 valence electrons. The Balaban J connectivity index is 1.33. The minimum absolute atomic E-state index is 0.0330. The quantitative estimate of drug-likeness (QED) is 0.778. The lowest BCUT2D eigenvalue weighted by atomic mass is 9.50. The third-order valence-electron chi connectivity index (χ3n) is 7.43. The van der Waals surface area contributed by atoms with E-state index in [1.165, 1.54) is 0 Å². The molecule has 3 fully saturated rings. The zero-order valence-electron chi connectivity index (χ0n) is 17.6. The standard InChI is InChI=1S/C24H28N4O3/c29-19-13-24(14-19)11-17(12-24)23(30)28-15-16-2-1-5-25-22(16)26-20-4-3-18(10-21(20)28)27-6-8-31-9-7-27/h1-5,10,17,19,29H,6-9,11-15H2,(H,25,26). The Bertz CT molecular complexity index is 1010. The van der Waals surface area contributed by atoms with Crippen LogP contribution in [0.3, 0.4) is 0 Å². The molecule has 31 heavy (non-hydrogen) atoms. The van der Waals surface area contributed by atoms with Crippen molar-refractivity contribution in [3.63, 3.8) is 0 Å². The number of carbonyl (C=O) groups is 1. The Morgan fingerprint density at radius 3 is 2.74 bits per heavy atom. The number of pyridine rings is 1. The molecule has 0 unspecified atom stereocenters. The van der Waals surface area contributed by atoms with Crippen molar-refractivity contribution in [2.24, 2.45) is 11.3 Å². The molecule has 7 heteroatoms. The molecule has 4 aliphatic rings. The summed E-state index contributed by atoms with van der Waals surface area (Å²) in [5.41, 5.74) is 4.18. The van der Waals surface area contributed by atoms with Gasteiger partial charge in [0.2, 0.25) is 5.91 Å². The number of fused-ring (bicyclic) bond motifs is 2. The predicted molar refractivity (Wildman–Crippen MR) is 119 cm³/mol. The average molecular weight is 421 g/mol. The number of hydrogen-bond acceptors (Lipinski definition) is 6. The van der Waals surface area contributed by atoms with Gasteiger partial charge in [-0.15, -0.1) is 0 Å². The molecule has 1 saturated heterocycles. The minimum Gasteiger partial charge on any atom is -0.393 e. The second kappa shape index (κ2) is 7.21. The van der Waals surface area contributed by atoms with Gasteiger partial charge in [-0.1, -0.05) is 6.07 Å². The van der Waals surface area contributed by atoms with Crippen LogP contribution in [-0.4, -0.2) is 48.4 Å². The summed E-state index contributed by atoms with van der Waals surface area (Å²) in [5, 5.41) is 13.2. The summed E-state index contributed by atoms with van der Waals surface area (Å²) in [6, 6.07) is 10.3. The van der Waals surface area contributed by atoms with Crippen molar-refractivity contribution in [3.05, 3.63) is 42.1 Å². The van der Waals surface area contributed by atoms with Gasteiger partial charge in [-0.3, -0.25) is 4.79 Å². The second-order valence-corrected chi connectivity index (χ2v) is 9.53. The molecule has 2 aliphatic carbocycles. The highest BCUT2D eigenvalue weighted by Gasteiger charge is 2.55. The second-order valence-electron chi connectivity index (χ2n) is 9.53. The lowest BCUT2D eigenvalue weighted by molar-refractivity contribution is -0.145. The van der Waals surface area contributed by atoms with Crippen LogP contribution >= 0.6 is 0 Å². The number of hydrogen-bond donors (Lipinski definition) is 2. The van der Waals surface area contributed by atoms with Crippen molar-refractivity contribution >= 4 is 28.8 Å². The fourth-order valence-corrected chi connectivity index (χ4v) is 5.78. The smallest absolute Gasteiger partial charge is 0.230 e. The number of ether oxygens (including phenoxy) is 1. The van der Waals surface area contributed by atoms with E-state index in [4.69, 9.17) is 4.74 Å². The van der Waals surface area contributed by atoms with E-state index in [1.54, 1.807) is 6.20 Å². The number of carbonyl (C=O) groups excluding carboxylic acids is 1. The van der Waals surface area contributed by atoms with Crippen LogP contribution in [0, 0.1) is 11.3 Å². The molecule has 0 atom stereocenters. The molecule has 2 aromatic rings. The molecule has 1 aromatic carbocycles. The van der Waals surface area contributed by atoms with Crippen LogP contribution in [0.4, 0.5) is 22.9 Å². The van der Waals surface area contributed by atoms with Gasteiger partial charge in [0.1, 0.15) is 5.82 Å². The summed E-state index contributed by atoms with van der Waals surface area (Å²) in [5.74, 6) is 1.03. The summed E-state index contributed by atoms with van der Waals surface area (Å²) in [6.07, 6.45) is 5.10. The molecule has 2 N–H and O–H groups in total. The third-order valence-corrected chi connectivity index (χ3v) is 7.43. The van der Waals surface area contributed by atoms with Crippen LogP contribution in [-0.2, 0) is 16.1 Å². The molecular weight excluding hydrogens is 392 g/mol. The number of anilines is 4. The van der Waals surface area contributed by atoms with Gasteiger partial charge in [0.25, 0.3) is 0 Å². The highest BCUT2D eigenvalue weighted by Crippen LogP contribution is 2.59. The van der Waals surface area contributed by atoms with Crippen molar-refractivity contribution in [1.82, 2.24) is 4.98 Å². The number of aliphatic hydroxyl groups is 1. The fraction of sp³-hybridized carbons (Fsp3) is 0.500. The van der Waals surface area contributed by atoms with E-state index in [0.717, 1.165) is 80.4 Å². The molecule has 1 aromatic heterocycles. The Hall–Kier alpha value is -2.64. The lowest BCUT2D eigenvalue weighted by Crippen LogP contribution is -2.54. The molecule has 1 spiro atoms. The molecule has 0 radical (unpaired) electrons. The summed E-state index contributed by atoms with van der Waals surface area (Å²) in [4.78, 5) is 22.5. The third kappa shape index (κ3) is 3.27. The highest BCUT2D eigenvalue weighted by molar-refractivity contribution is 6.00. The maximum atomic E-state index is 13.7. The first-order chi connectivity index (χ1) is 15.1. The molecule has 2 aliphatic heterocycles. The van der Waals surface area contributed by atoms with Gasteiger partial charge in [0.15, 0.2) is 0 Å². The lowest BCUT2D eigenvalue weighted by Gasteiger charge is -2.56. The summed E-state index contributed by atoms with van der Waals surface area (Å²) < 4.78 is 5.51. The normalized spacial score (nSPS) is 29.2. The Labute approximate surface area is 182 Å². The fourth-order valence-electron chi connectivity index (χ4n) is 5.78. The monoisotopic (exact) mass is 420 g/mol. The van der Waals surface area contributed by atoms with E-state index in [1.807, 2.05) is 17.0 Å². The summed E-state index contributed by atoms with van der Waals surface area (Å²) in [7, 11) is 0. The Morgan fingerprint density at radius 2 is 1.97 bits per heavy atom. The predicted octanol–water partition coefficient (Wildman–Crippen LogP) is 3.06. The van der Waals surface area contributed by atoms with E-state index in [2.05, 4.69) is 33.4 Å². The molecule has 7 nitrogen and oxygen atoms in total. The van der Waals surface area contributed by atoms with Crippen LogP contribution in [0.1, 0.15) is 31.2 Å². The van der Waals surface area contributed by atoms with Gasteiger partial charge >= 0.3 is 0 Å². The maximum absolute atomic E-state index is 13.7. The number of aromatic nitrogens is 1. The Kier molecular flexibility index (Phi) is 4.43. The van der Waals surface area contributed by atoms with E-state index in [9.17, 15) is 9.90 Å². The van der Waals surface area contributed by atoms with Gasteiger partial charge in [-0.25, -0.2) is 4.98 Å². The van der Waals surface area contributed by atoms with Gasteiger partial charge in [-0.05, 0) is 55.4 Å². The van der Waals surface area contributed by atoms with Crippen molar-refractivity contribution in [1.29, 1.82) is 0 Å². The van der Waals surface area contributed by atoms with Gasteiger partial charge in [0.05, 0.1) is 37.2 Å². The van der Waals surface area contributed by atoms with Crippen molar-refractivity contribution < 1.29 is 14.6 Å². The maximum Gasteiger partial charge on any atom is 0.230 e. The first kappa shape index (κ1) is 19.1. The van der Waals surface area contributed by atoms with Gasteiger partial charge < -0.3 is 25.0 Å². The number of nitrogens with zero attached hydrogens (tertiary/aromatic N) is 3. The molecule has 3 heterocycles. The summed E-state index contributed by atoms with van der Waals surface area (Å²) >= 11 is 0. The van der Waals surface area contributed by atoms with Gasteiger partial charge in [-0.2, -0.15) is 0 Å². The number of morpholine rings is 1. The molecular formula is C24H28N4O3. The van der Waals surface area contributed by atoms with Crippen LogP contribution < -0.4 is 15.1 Å². The van der Waals surface area contributed by atoms with Crippen LogP contribution in [0.15, 0.2) is 36.5 Å². The van der Waals surface area contributed by atoms with Crippen LogP contribution in [0.5, 0.6) is 0 Å². The molecule has 6 rings (SSSR count). The van der Waals surface area contributed by atoms with Gasteiger partial charge in [0, 0.05) is 36.5 Å². The molecule has 1 amide bonds. The molecule has 0 bridgehead atoms. The SMILES string of the molecule is O=C(C1CC2(CC(O)C2)C1)N1Cc2cccnc2Nc2ccc(N3CCOCC3)cc21. The first-order valence-corrected chi connectivity index (χ1v) is 11.3. The number of amides is 1. The highest BCUT2D eigenvalue weighted by atomic mass is 16.5. The average Bonchev–Trinajstić information content (AvgIpc) is 2.91. The zero-order valence-corrected chi connectivity index (χ0v) is 17.6. The van der Waals surface area contributed by atoms with E-state index < -0.39 is 0 Å². The van der Waals surface area contributed by atoms with E-state index in [-0.39, 0.29) is 23.3 Å². The number of nitrogens with one attached hydrogen (secondary N) is 1. The van der Waals surface area contributed by atoms with E-state index in [0.29, 0.717) is 6.54 Å². The number of rotatable bonds is 2. The van der Waals surface area contributed by atoms with Crippen LogP contribution in [0.2, 0.25) is 0 Å². The zero-order chi connectivity index (χ0) is 21.0. The van der Waals surface area contributed by atoms with Crippen molar-refractivity contribution in [2.45, 2.75) is 38.3 Å². The Morgan fingerprint density at radius 1 is 1.16 bits per heavy atom. The van der Waals surface area contributed by atoms with Crippen molar-refractivity contribution in [2.75, 3.05) is 41.4 Å².